The molecule has 0 saturated carbocycles. The third-order valence-corrected chi connectivity index (χ3v) is 6.92. The van der Waals surface area contributed by atoms with Gasteiger partial charge in [0.25, 0.3) is 0 Å². The highest BCUT2D eigenvalue weighted by molar-refractivity contribution is 7.89. The van der Waals surface area contributed by atoms with Crippen molar-refractivity contribution in [2.45, 2.75) is 10.9 Å². The predicted molar refractivity (Wildman–Crippen MR) is 121 cm³/mol. The minimum Gasteiger partial charge on any atom is -0.378 e. The molecule has 0 fully saturated rings. The fourth-order valence-corrected chi connectivity index (χ4v) is 5.08. The molecule has 1 unspecified atom stereocenters. The summed E-state index contributed by atoms with van der Waals surface area (Å²) in [5.41, 5.74) is 5.93. The van der Waals surface area contributed by atoms with E-state index in [4.69, 9.17) is 15.2 Å². The van der Waals surface area contributed by atoms with Gasteiger partial charge in [0.2, 0.25) is 15.9 Å². The van der Waals surface area contributed by atoms with E-state index < -0.39 is 33.6 Å². The number of nitrogens with one attached hydrogen (secondary N) is 1. The molecule has 0 aromatic heterocycles. The standard InChI is InChI=1S/C23H27F2N3O5S/c24-18-6-4-17(5-7-18)22-21(23(29)27-10-13-33-15-14-32-12-9-26)8-11-28(22)34(30,31)20-3-1-2-19(25)16-20/h1-8,16,22H,9-15,26H2,(H,27,29). The van der Waals surface area contributed by atoms with Crippen molar-refractivity contribution in [1.29, 1.82) is 0 Å². The van der Waals surface area contributed by atoms with Crippen LogP contribution in [0.15, 0.2) is 65.1 Å². The molecule has 0 spiro atoms. The fourth-order valence-electron chi connectivity index (χ4n) is 3.51. The van der Waals surface area contributed by atoms with Crippen LogP contribution in [0.3, 0.4) is 0 Å². The molecule has 0 bridgehead atoms. The maximum absolute atomic E-state index is 13.7. The van der Waals surface area contributed by atoms with Crippen molar-refractivity contribution in [2.75, 3.05) is 46.1 Å². The van der Waals surface area contributed by atoms with Gasteiger partial charge in [-0.3, -0.25) is 4.79 Å². The number of nitrogens with zero attached hydrogens (tertiary/aromatic N) is 1. The van der Waals surface area contributed by atoms with Crippen LogP contribution in [-0.2, 0) is 24.3 Å². The van der Waals surface area contributed by atoms with E-state index in [-0.39, 0.29) is 30.2 Å². The second kappa shape index (κ2) is 12.1. The van der Waals surface area contributed by atoms with Gasteiger partial charge in [0.05, 0.1) is 37.4 Å². The molecule has 8 nitrogen and oxygen atoms in total. The highest BCUT2D eigenvalue weighted by Crippen LogP contribution is 2.37. The largest absolute Gasteiger partial charge is 0.378 e. The maximum Gasteiger partial charge on any atom is 0.249 e. The first-order chi connectivity index (χ1) is 16.3. The third-order valence-electron chi connectivity index (χ3n) is 5.09. The Hall–Kier alpha value is -2.70. The van der Waals surface area contributed by atoms with Crippen LogP contribution >= 0.6 is 0 Å². The van der Waals surface area contributed by atoms with E-state index in [0.717, 1.165) is 16.4 Å². The molecule has 2 aromatic rings. The Bertz CT molecular complexity index is 1110. The van der Waals surface area contributed by atoms with Gasteiger partial charge in [-0.2, -0.15) is 4.31 Å². The summed E-state index contributed by atoms with van der Waals surface area (Å²) in [5, 5.41) is 2.71. The van der Waals surface area contributed by atoms with Gasteiger partial charge < -0.3 is 20.5 Å². The van der Waals surface area contributed by atoms with Gasteiger partial charge in [0, 0.05) is 25.2 Å². The van der Waals surface area contributed by atoms with Crippen molar-refractivity contribution in [1.82, 2.24) is 9.62 Å². The number of hydrogen-bond donors (Lipinski definition) is 2. The monoisotopic (exact) mass is 495 g/mol. The highest BCUT2D eigenvalue weighted by atomic mass is 32.2. The SMILES string of the molecule is NCCOCCOCCNC(=O)C1=CCN(S(=O)(=O)c2cccc(F)c2)C1c1ccc(F)cc1. The minimum atomic E-state index is -4.16. The predicted octanol–water partition coefficient (Wildman–Crippen LogP) is 1.74. The lowest BCUT2D eigenvalue weighted by atomic mass is 10.00. The first kappa shape index (κ1) is 25.9. The molecule has 1 aliphatic heterocycles. The molecular weight excluding hydrogens is 468 g/mol. The van der Waals surface area contributed by atoms with Crippen LogP contribution in [0.4, 0.5) is 8.78 Å². The Morgan fingerprint density at radius 2 is 1.74 bits per heavy atom. The van der Waals surface area contributed by atoms with Gasteiger partial charge in [-0.25, -0.2) is 17.2 Å². The lowest BCUT2D eigenvalue weighted by Gasteiger charge is -2.27. The van der Waals surface area contributed by atoms with Crippen LogP contribution in [0.2, 0.25) is 0 Å². The summed E-state index contributed by atoms with van der Waals surface area (Å²) in [6.45, 7) is 1.92. The number of amides is 1. The molecule has 3 rings (SSSR count). The summed E-state index contributed by atoms with van der Waals surface area (Å²) in [6, 6.07) is 8.87. The number of carbonyl (C=O) groups is 1. The van der Waals surface area contributed by atoms with Crippen LogP contribution in [0.25, 0.3) is 0 Å². The van der Waals surface area contributed by atoms with Crippen molar-refractivity contribution in [3.8, 4) is 0 Å². The van der Waals surface area contributed by atoms with Crippen molar-refractivity contribution >= 4 is 15.9 Å². The normalized spacial score (nSPS) is 16.4. The van der Waals surface area contributed by atoms with Crippen molar-refractivity contribution < 1.29 is 31.5 Å². The van der Waals surface area contributed by atoms with Gasteiger partial charge in [-0.15, -0.1) is 0 Å². The second-order valence-corrected chi connectivity index (χ2v) is 9.31. The van der Waals surface area contributed by atoms with Gasteiger partial charge in [-0.05, 0) is 35.9 Å². The zero-order valence-corrected chi connectivity index (χ0v) is 19.3. The molecule has 184 valence electrons. The summed E-state index contributed by atoms with van der Waals surface area (Å²) in [7, 11) is -4.16. The number of hydrogen-bond acceptors (Lipinski definition) is 6. The van der Waals surface area contributed by atoms with Gasteiger partial charge in [0.1, 0.15) is 11.6 Å². The Morgan fingerprint density at radius 3 is 2.41 bits per heavy atom. The summed E-state index contributed by atoms with van der Waals surface area (Å²) in [5.74, 6) is -1.67. The first-order valence-electron chi connectivity index (χ1n) is 10.7. The van der Waals surface area contributed by atoms with E-state index >= 15 is 0 Å². The highest BCUT2D eigenvalue weighted by Gasteiger charge is 2.40. The molecule has 1 aliphatic rings. The number of rotatable bonds is 12. The van der Waals surface area contributed by atoms with Crippen LogP contribution < -0.4 is 11.1 Å². The van der Waals surface area contributed by atoms with Crippen LogP contribution in [0, 0.1) is 11.6 Å². The maximum atomic E-state index is 13.7. The van der Waals surface area contributed by atoms with Crippen molar-refractivity contribution in [2.24, 2.45) is 5.73 Å². The van der Waals surface area contributed by atoms with E-state index in [1.807, 2.05) is 0 Å². The number of ether oxygens (including phenoxy) is 2. The average molecular weight is 496 g/mol. The molecule has 1 heterocycles. The van der Waals surface area contributed by atoms with E-state index in [2.05, 4.69) is 5.32 Å². The molecule has 0 saturated heterocycles. The molecule has 34 heavy (non-hydrogen) atoms. The lowest BCUT2D eigenvalue weighted by Crippen LogP contribution is -2.36. The lowest BCUT2D eigenvalue weighted by molar-refractivity contribution is -0.118. The molecular formula is C23H27F2N3O5S. The van der Waals surface area contributed by atoms with Gasteiger partial charge in [0.15, 0.2) is 0 Å². The summed E-state index contributed by atoms with van der Waals surface area (Å²) < 4.78 is 65.5. The fraction of sp³-hybridized carbons (Fsp3) is 0.348. The Morgan fingerprint density at radius 1 is 1.03 bits per heavy atom. The van der Waals surface area contributed by atoms with Crippen LogP contribution in [0.1, 0.15) is 11.6 Å². The van der Waals surface area contributed by atoms with Gasteiger partial charge in [-0.1, -0.05) is 24.3 Å². The van der Waals surface area contributed by atoms with Crippen LogP contribution in [0.5, 0.6) is 0 Å². The topological polar surface area (TPSA) is 111 Å². The quantitative estimate of drug-likeness (QED) is 0.434. The molecule has 1 amide bonds. The number of halogens is 2. The minimum absolute atomic E-state index is 0.0986. The van der Waals surface area contributed by atoms with Gasteiger partial charge >= 0.3 is 0 Å². The molecule has 1 atom stereocenters. The number of benzene rings is 2. The Balaban J connectivity index is 1.73. The second-order valence-electron chi connectivity index (χ2n) is 7.41. The first-order valence-corrected chi connectivity index (χ1v) is 12.2. The molecule has 3 N–H and O–H groups in total. The van der Waals surface area contributed by atoms with Crippen molar-refractivity contribution in [3.05, 3.63) is 77.4 Å². The van der Waals surface area contributed by atoms with E-state index in [1.54, 1.807) is 0 Å². The van der Waals surface area contributed by atoms with E-state index in [1.165, 1.54) is 42.5 Å². The molecule has 0 radical (unpaired) electrons. The van der Waals surface area contributed by atoms with E-state index in [0.29, 0.717) is 31.9 Å². The Kier molecular flexibility index (Phi) is 9.25. The third kappa shape index (κ3) is 6.45. The summed E-state index contributed by atoms with van der Waals surface area (Å²) in [6.07, 6.45) is 1.50. The zero-order valence-electron chi connectivity index (χ0n) is 18.5. The molecule has 11 heteroatoms. The number of sulfonamides is 1. The number of carbonyl (C=O) groups excluding carboxylic acids is 1. The van der Waals surface area contributed by atoms with Crippen LogP contribution in [-0.4, -0.2) is 64.7 Å². The smallest absolute Gasteiger partial charge is 0.249 e. The average Bonchev–Trinajstić information content (AvgIpc) is 3.27. The summed E-state index contributed by atoms with van der Waals surface area (Å²) >= 11 is 0. The zero-order chi connectivity index (χ0) is 24.6. The van der Waals surface area contributed by atoms with E-state index in [9.17, 15) is 22.0 Å². The summed E-state index contributed by atoms with van der Waals surface area (Å²) in [4.78, 5) is 12.7. The molecule has 2 aromatic carbocycles. The molecule has 0 aliphatic carbocycles. The van der Waals surface area contributed by atoms with Crippen molar-refractivity contribution in [3.63, 3.8) is 0 Å². The number of nitrogens with two attached hydrogens (primary N) is 1. The Labute approximate surface area is 197 Å².